The van der Waals surface area contributed by atoms with E-state index in [1.807, 2.05) is 0 Å². The van der Waals surface area contributed by atoms with E-state index in [-0.39, 0.29) is 11.5 Å². The molecule has 2 nitrogen and oxygen atoms in total. The van der Waals surface area contributed by atoms with E-state index in [1.165, 1.54) is 6.07 Å². The molecule has 0 unspecified atom stereocenters. The molecule has 0 aromatic heterocycles. The van der Waals surface area contributed by atoms with Crippen molar-refractivity contribution in [3.63, 3.8) is 0 Å². The summed E-state index contributed by atoms with van der Waals surface area (Å²) in [5.74, 6) is 0.373. The van der Waals surface area contributed by atoms with E-state index in [9.17, 15) is 4.39 Å². The molecule has 0 atom stereocenters. The zero-order chi connectivity index (χ0) is 7.84. The fourth-order valence-corrected chi connectivity index (χ4v) is 1.27. The maximum Gasteiger partial charge on any atom is 0.146 e. The molecule has 0 radical (unpaired) electrons. The van der Waals surface area contributed by atoms with E-state index >= 15 is 0 Å². The SMILES string of the molecule is Nc1c(F)ccc2c1CCO2. The van der Waals surface area contributed by atoms with Crippen LogP contribution in [0.5, 0.6) is 5.75 Å². The highest BCUT2D eigenvalue weighted by atomic mass is 19.1. The van der Waals surface area contributed by atoms with Gasteiger partial charge < -0.3 is 10.5 Å². The van der Waals surface area contributed by atoms with Gasteiger partial charge in [-0.25, -0.2) is 4.39 Å². The van der Waals surface area contributed by atoms with Crippen molar-refractivity contribution in [2.45, 2.75) is 6.42 Å². The molecule has 0 saturated heterocycles. The van der Waals surface area contributed by atoms with Gasteiger partial charge in [0.05, 0.1) is 12.3 Å². The zero-order valence-electron chi connectivity index (χ0n) is 5.93. The number of anilines is 1. The molecule has 1 heterocycles. The predicted molar refractivity (Wildman–Crippen MR) is 40.0 cm³/mol. The molecule has 0 amide bonds. The van der Waals surface area contributed by atoms with Gasteiger partial charge in [0.2, 0.25) is 0 Å². The lowest BCUT2D eigenvalue weighted by Gasteiger charge is -2.01. The molecular weight excluding hydrogens is 145 g/mol. The summed E-state index contributed by atoms with van der Waals surface area (Å²) in [6.45, 7) is 0.614. The normalized spacial score (nSPS) is 14.3. The molecule has 1 aliphatic heterocycles. The Bertz CT molecular complexity index is 298. The third-order valence-electron chi connectivity index (χ3n) is 1.87. The summed E-state index contributed by atoms with van der Waals surface area (Å²) < 4.78 is 18.0. The smallest absolute Gasteiger partial charge is 0.146 e. The highest BCUT2D eigenvalue weighted by Gasteiger charge is 2.16. The van der Waals surface area contributed by atoms with Gasteiger partial charge in [-0.1, -0.05) is 0 Å². The number of hydrogen-bond donors (Lipinski definition) is 1. The quantitative estimate of drug-likeness (QED) is 0.571. The van der Waals surface area contributed by atoms with Crippen molar-refractivity contribution in [2.24, 2.45) is 0 Å². The number of hydrogen-bond acceptors (Lipinski definition) is 2. The third kappa shape index (κ3) is 0.843. The highest BCUT2D eigenvalue weighted by molar-refractivity contribution is 5.56. The first-order chi connectivity index (χ1) is 5.29. The lowest BCUT2D eigenvalue weighted by molar-refractivity contribution is 0.356. The first kappa shape index (κ1) is 6.46. The number of rotatable bonds is 0. The van der Waals surface area contributed by atoms with E-state index in [4.69, 9.17) is 10.5 Å². The Morgan fingerprint density at radius 2 is 2.27 bits per heavy atom. The van der Waals surface area contributed by atoms with Crippen molar-refractivity contribution < 1.29 is 9.13 Å². The minimum absolute atomic E-state index is 0.236. The Kier molecular flexibility index (Phi) is 1.24. The molecule has 0 aliphatic carbocycles. The summed E-state index contributed by atoms with van der Waals surface area (Å²) in [5, 5.41) is 0. The van der Waals surface area contributed by atoms with Gasteiger partial charge in [-0.05, 0) is 12.1 Å². The van der Waals surface area contributed by atoms with Crippen LogP contribution in [0.1, 0.15) is 5.56 Å². The summed E-state index contributed by atoms with van der Waals surface area (Å²) >= 11 is 0. The molecule has 0 spiro atoms. The van der Waals surface area contributed by atoms with E-state index < -0.39 is 0 Å². The van der Waals surface area contributed by atoms with Gasteiger partial charge in [-0.2, -0.15) is 0 Å². The van der Waals surface area contributed by atoms with E-state index in [1.54, 1.807) is 6.07 Å². The van der Waals surface area contributed by atoms with Crippen molar-refractivity contribution in [3.8, 4) is 5.75 Å². The molecule has 58 valence electrons. The standard InChI is InChI=1S/C8H8FNO/c9-6-1-2-7-5(8(6)10)3-4-11-7/h1-2H,3-4,10H2. The molecular formula is C8H8FNO. The van der Waals surface area contributed by atoms with E-state index in [0.29, 0.717) is 6.61 Å². The van der Waals surface area contributed by atoms with Gasteiger partial charge in [-0.3, -0.25) is 0 Å². The van der Waals surface area contributed by atoms with Crippen molar-refractivity contribution >= 4 is 5.69 Å². The second-order valence-electron chi connectivity index (χ2n) is 2.54. The van der Waals surface area contributed by atoms with Crippen molar-refractivity contribution in [1.82, 2.24) is 0 Å². The minimum Gasteiger partial charge on any atom is -0.493 e. The van der Waals surface area contributed by atoms with Gasteiger partial charge in [0, 0.05) is 12.0 Å². The zero-order valence-corrected chi connectivity index (χ0v) is 5.93. The Hall–Kier alpha value is -1.25. The van der Waals surface area contributed by atoms with Crippen LogP contribution < -0.4 is 10.5 Å². The molecule has 1 aliphatic rings. The van der Waals surface area contributed by atoms with Crippen LogP contribution in [0.3, 0.4) is 0 Å². The number of ether oxygens (including phenoxy) is 1. The van der Waals surface area contributed by atoms with Gasteiger partial charge >= 0.3 is 0 Å². The summed E-state index contributed by atoms with van der Waals surface area (Å²) in [6.07, 6.45) is 0.721. The number of nitrogens with two attached hydrogens (primary N) is 1. The second kappa shape index (κ2) is 2.12. The molecule has 1 aromatic carbocycles. The van der Waals surface area contributed by atoms with Crippen molar-refractivity contribution in [2.75, 3.05) is 12.3 Å². The van der Waals surface area contributed by atoms with Gasteiger partial charge in [0.1, 0.15) is 11.6 Å². The van der Waals surface area contributed by atoms with Gasteiger partial charge in [0.25, 0.3) is 0 Å². The van der Waals surface area contributed by atoms with Gasteiger partial charge in [0.15, 0.2) is 0 Å². The maximum absolute atomic E-state index is 12.8. The van der Waals surface area contributed by atoms with Gasteiger partial charge in [-0.15, -0.1) is 0 Å². The number of nitrogen functional groups attached to an aromatic ring is 1. The molecule has 0 fully saturated rings. The molecule has 1 aromatic rings. The molecule has 3 heteroatoms. The lowest BCUT2D eigenvalue weighted by atomic mass is 10.1. The Morgan fingerprint density at radius 1 is 1.45 bits per heavy atom. The van der Waals surface area contributed by atoms with Crippen LogP contribution in [-0.2, 0) is 6.42 Å². The van der Waals surface area contributed by atoms with Crippen LogP contribution in [0.15, 0.2) is 12.1 Å². The molecule has 2 rings (SSSR count). The molecule has 0 saturated carbocycles. The Balaban J connectivity index is 2.62. The second-order valence-corrected chi connectivity index (χ2v) is 2.54. The van der Waals surface area contributed by atoms with Crippen LogP contribution in [0, 0.1) is 5.82 Å². The maximum atomic E-state index is 12.8. The molecule has 2 N–H and O–H groups in total. The average Bonchev–Trinajstić information content (AvgIpc) is 2.45. The summed E-state index contributed by atoms with van der Waals surface area (Å²) in [4.78, 5) is 0. The van der Waals surface area contributed by atoms with E-state index in [2.05, 4.69) is 0 Å². The molecule has 0 bridgehead atoms. The summed E-state index contributed by atoms with van der Waals surface area (Å²) in [6, 6.07) is 2.95. The van der Waals surface area contributed by atoms with Crippen LogP contribution in [0.25, 0.3) is 0 Å². The first-order valence-electron chi connectivity index (χ1n) is 3.48. The number of fused-ring (bicyclic) bond motifs is 1. The monoisotopic (exact) mass is 153 g/mol. The average molecular weight is 153 g/mol. The van der Waals surface area contributed by atoms with Crippen molar-refractivity contribution in [1.29, 1.82) is 0 Å². The topological polar surface area (TPSA) is 35.2 Å². The van der Waals surface area contributed by atoms with Crippen LogP contribution in [0.2, 0.25) is 0 Å². The Morgan fingerprint density at radius 3 is 3.09 bits per heavy atom. The third-order valence-corrected chi connectivity index (χ3v) is 1.87. The van der Waals surface area contributed by atoms with Crippen LogP contribution in [0.4, 0.5) is 10.1 Å². The first-order valence-corrected chi connectivity index (χ1v) is 3.48. The van der Waals surface area contributed by atoms with Crippen molar-refractivity contribution in [3.05, 3.63) is 23.5 Å². The minimum atomic E-state index is -0.353. The largest absolute Gasteiger partial charge is 0.493 e. The number of halogens is 1. The predicted octanol–water partition coefficient (Wildman–Crippen LogP) is 1.34. The Labute approximate surface area is 63.8 Å². The van der Waals surface area contributed by atoms with E-state index in [0.717, 1.165) is 17.7 Å². The van der Waals surface area contributed by atoms with Crippen LogP contribution in [-0.4, -0.2) is 6.61 Å². The molecule has 11 heavy (non-hydrogen) atoms. The van der Waals surface area contributed by atoms with Crippen LogP contribution >= 0.6 is 0 Å². The fraction of sp³-hybridized carbons (Fsp3) is 0.250. The number of benzene rings is 1. The summed E-state index contributed by atoms with van der Waals surface area (Å²) in [7, 11) is 0. The lowest BCUT2D eigenvalue weighted by Crippen LogP contribution is -1.94. The fourth-order valence-electron chi connectivity index (χ4n) is 1.27. The summed E-state index contributed by atoms with van der Waals surface area (Å²) in [5.41, 5.74) is 6.53. The highest BCUT2D eigenvalue weighted by Crippen LogP contribution is 2.31.